The van der Waals surface area contributed by atoms with E-state index in [0.717, 1.165) is 11.3 Å². The molecule has 0 heterocycles. The number of hydrogen-bond donors (Lipinski definition) is 0. The van der Waals surface area contributed by atoms with Crippen LogP contribution in [-0.4, -0.2) is 27.2 Å². The third kappa shape index (κ3) is 2.99. The SMILES string of the molecule is COc1cc(C(=O)N(C)c2ccccc2)cc(OC)c1C. The molecule has 1 amide bonds. The maximum Gasteiger partial charge on any atom is 0.258 e. The zero-order valence-electron chi connectivity index (χ0n) is 12.7. The number of ether oxygens (including phenoxy) is 2. The van der Waals surface area contributed by atoms with Crippen LogP contribution in [0.1, 0.15) is 15.9 Å². The minimum atomic E-state index is -0.113. The van der Waals surface area contributed by atoms with E-state index in [-0.39, 0.29) is 5.91 Å². The molecule has 110 valence electrons. The molecule has 0 atom stereocenters. The lowest BCUT2D eigenvalue weighted by molar-refractivity contribution is 0.0992. The molecule has 0 aliphatic rings. The Labute approximate surface area is 124 Å². The van der Waals surface area contributed by atoms with Crippen LogP contribution in [0, 0.1) is 6.92 Å². The zero-order chi connectivity index (χ0) is 15.4. The monoisotopic (exact) mass is 285 g/mol. The molecule has 0 aromatic heterocycles. The summed E-state index contributed by atoms with van der Waals surface area (Å²) in [5.74, 6) is 1.16. The van der Waals surface area contributed by atoms with E-state index in [4.69, 9.17) is 9.47 Å². The van der Waals surface area contributed by atoms with Crippen molar-refractivity contribution < 1.29 is 14.3 Å². The molecule has 0 spiro atoms. The Morgan fingerprint density at radius 2 is 1.52 bits per heavy atom. The summed E-state index contributed by atoms with van der Waals surface area (Å²) in [4.78, 5) is 14.2. The van der Waals surface area contributed by atoms with Crippen LogP contribution in [0.15, 0.2) is 42.5 Å². The van der Waals surface area contributed by atoms with Gasteiger partial charge in [-0.3, -0.25) is 4.79 Å². The molecule has 0 unspecified atom stereocenters. The number of benzene rings is 2. The van der Waals surface area contributed by atoms with Crippen molar-refractivity contribution in [1.29, 1.82) is 0 Å². The second-order valence-electron chi connectivity index (χ2n) is 4.71. The topological polar surface area (TPSA) is 38.8 Å². The summed E-state index contributed by atoms with van der Waals surface area (Å²) in [5, 5.41) is 0. The first kappa shape index (κ1) is 14.9. The molecule has 0 N–H and O–H groups in total. The molecule has 21 heavy (non-hydrogen) atoms. The molecule has 0 aliphatic carbocycles. The summed E-state index contributed by atoms with van der Waals surface area (Å²) in [7, 11) is 4.91. The fraction of sp³-hybridized carbons (Fsp3) is 0.235. The first-order valence-electron chi connectivity index (χ1n) is 6.64. The van der Waals surface area contributed by atoms with E-state index < -0.39 is 0 Å². The van der Waals surface area contributed by atoms with Crippen LogP contribution in [0.4, 0.5) is 5.69 Å². The summed E-state index contributed by atoms with van der Waals surface area (Å²) in [5.41, 5.74) is 2.24. The van der Waals surface area contributed by atoms with Crippen molar-refractivity contribution in [3.05, 3.63) is 53.6 Å². The van der Waals surface area contributed by atoms with Crippen LogP contribution in [0.5, 0.6) is 11.5 Å². The molecule has 0 radical (unpaired) electrons. The highest BCUT2D eigenvalue weighted by Gasteiger charge is 2.17. The fourth-order valence-electron chi connectivity index (χ4n) is 2.17. The number of carbonyl (C=O) groups is 1. The molecule has 0 aliphatic heterocycles. The highest BCUT2D eigenvalue weighted by atomic mass is 16.5. The molecule has 2 aromatic rings. The average Bonchev–Trinajstić information content (AvgIpc) is 2.54. The van der Waals surface area contributed by atoms with E-state index in [1.807, 2.05) is 37.3 Å². The van der Waals surface area contributed by atoms with Gasteiger partial charge >= 0.3 is 0 Å². The average molecular weight is 285 g/mol. The van der Waals surface area contributed by atoms with Crippen molar-refractivity contribution in [2.24, 2.45) is 0 Å². The number of amides is 1. The number of carbonyl (C=O) groups excluding carboxylic acids is 1. The molecule has 0 saturated heterocycles. The molecule has 0 bridgehead atoms. The van der Waals surface area contributed by atoms with Gasteiger partial charge in [0.2, 0.25) is 0 Å². The van der Waals surface area contributed by atoms with E-state index >= 15 is 0 Å². The summed E-state index contributed by atoms with van der Waals surface area (Å²) in [6.45, 7) is 1.90. The van der Waals surface area contributed by atoms with Gasteiger partial charge in [0.1, 0.15) is 11.5 Å². The normalized spacial score (nSPS) is 10.1. The molecule has 2 aromatic carbocycles. The second kappa shape index (κ2) is 6.31. The molecule has 4 nitrogen and oxygen atoms in total. The highest BCUT2D eigenvalue weighted by Crippen LogP contribution is 2.30. The Bertz CT molecular complexity index is 613. The van der Waals surface area contributed by atoms with Crippen LogP contribution in [-0.2, 0) is 0 Å². The summed E-state index contributed by atoms with van der Waals surface area (Å²) in [6, 6.07) is 13.0. The van der Waals surface area contributed by atoms with Gasteiger partial charge in [-0.05, 0) is 31.2 Å². The smallest absolute Gasteiger partial charge is 0.258 e. The Morgan fingerprint density at radius 3 is 2.00 bits per heavy atom. The minimum Gasteiger partial charge on any atom is -0.496 e. The lowest BCUT2D eigenvalue weighted by Gasteiger charge is -2.19. The largest absolute Gasteiger partial charge is 0.496 e. The van der Waals surface area contributed by atoms with E-state index in [9.17, 15) is 4.79 Å². The Kier molecular flexibility index (Phi) is 4.48. The van der Waals surface area contributed by atoms with Gasteiger partial charge in [-0.2, -0.15) is 0 Å². The van der Waals surface area contributed by atoms with Crippen molar-refractivity contribution in [3.63, 3.8) is 0 Å². The maximum absolute atomic E-state index is 12.6. The predicted octanol–water partition coefficient (Wildman–Crippen LogP) is 3.29. The Balaban J connectivity index is 2.39. The molecule has 2 rings (SSSR count). The van der Waals surface area contributed by atoms with E-state index in [0.29, 0.717) is 17.1 Å². The lowest BCUT2D eigenvalue weighted by atomic mass is 10.1. The molecular formula is C17H19NO3. The zero-order valence-corrected chi connectivity index (χ0v) is 12.7. The Hall–Kier alpha value is -2.49. The third-order valence-electron chi connectivity index (χ3n) is 3.45. The fourth-order valence-corrected chi connectivity index (χ4v) is 2.17. The highest BCUT2D eigenvalue weighted by molar-refractivity contribution is 6.06. The van der Waals surface area contributed by atoms with Crippen molar-refractivity contribution >= 4 is 11.6 Å². The van der Waals surface area contributed by atoms with Gasteiger partial charge in [0.05, 0.1) is 14.2 Å². The van der Waals surface area contributed by atoms with Gasteiger partial charge in [0, 0.05) is 23.9 Å². The van der Waals surface area contributed by atoms with E-state index in [1.54, 1.807) is 38.3 Å². The summed E-state index contributed by atoms with van der Waals surface area (Å²) in [6.07, 6.45) is 0. The summed E-state index contributed by atoms with van der Waals surface area (Å²) >= 11 is 0. The van der Waals surface area contributed by atoms with Gasteiger partial charge in [-0.1, -0.05) is 18.2 Å². The lowest BCUT2D eigenvalue weighted by Crippen LogP contribution is -2.26. The van der Waals surface area contributed by atoms with Gasteiger partial charge in [-0.25, -0.2) is 0 Å². The number of hydrogen-bond acceptors (Lipinski definition) is 3. The first-order chi connectivity index (χ1) is 10.1. The van der Waals surface area contributed by atoms with Crippen LogP contribution in [0.2, 0.25) is 0 Å². The predicted molar refractivity (Wildman–Crippen MR) is 83.5 cm³/mol. The molecule has 4 heteroatoms. The van der Waals surface area contributed by atoms with Crippen molar-refractivity contribution in [3.8, 4) is 11.5 Å². The number of para-hydroxylation sites is 1. The van der Waals surface area contributed by atoms with Gasteiger partial charge < -0.3 is 14.4 Å². The van der Waals surface area contributed by atoms with Crippen LogP contribution in [0.3, 0.4) is 0 Å². The van der Waals surface area contributed by atoms with Crippen molar-refractivity contribution in [1.82, 2.24) is 0 Å². The second-order valence-corrected chi connectivity index (χ2v) is 4.71. The minimum absolute atomic E-state index is 0.113. The van der Waals surface area contributed by atoms with Gasteiger partial charge in [-0.15, -0.1) is 0 Å². The van der Waals surface area contributed by atoms with Gasteiger partial charge in [0.15, 0.2) is 0 Å². The van der Waals surface area contributed by atoms with Crippen molar-refractivity contribution in [2.75, 3.05) is 26.2 Å². The number of methoxy groups -OCH3 is 2. The number of anilines is 1. The Morgan fingerprint density at radius 1 is 1.00 bits per heavy atom. The quantitative estimate of drug-likeness (QED) is 0.865. The van der Waals surface area contributed by atoms with Gasteiger partial charge in [0.25, 0.3) is 5.91 Å². The molecule has 0 saturated carbocycles. The molecular weight excluding hydrogens is 266 g/mol. The van der Waals surface area contributed by atoms with Crippen LogP contribution in [0.25, 0.3) is 0 Å². The number of rotatable bonds is 4. The summed E-state index contributed by atoms with van der Waals surface area (Å²) < 4.78 is 10.6. The van der Waals surface area contributed by atoms with E-state index in [1.165, 1.54) is 0 Å². The maximum atomic E-state index is 12.6. The van der Waals surface area contributed by atoms with Crippen LogP contribution >= 0.6 is 0 Å². The van der Waals surface area contributed by atoms with E-state index in [2.05, 4.69) is 0 Å². The third-order valence-corrected chi connectivity index (χ3v) is 3.45. The van der Waals surface area contributed by atoms with Crippen LogP contribution < -0.4 is 14.4 Å². The standard InChI is InChI=1S/C17H19NO3/c1-12-15(20-3)10-13(11-16(12)21-4)17(19)18(2)14-8-6-5-7-9-14/h5-11H,1-4H3. The molecule has 0 fully saturated rings. The van der Waals surface area contributed by atoms with Crippen molar-refractivity contribution in [2.45, 2.75) is 6.92 Å². The number of nitrogens with zero attached hydrogens (tertiary/aromatic N) is 1. The first-order valence-corrected chi connectivity index (χ1v) is 6.64.